The Hall–Kier alpha value is -0.590. The molecule has 3 nitrogen and oxygen atoms in total. The largest absolute Gasteiger partial charge is 0.316 e. The van der Waals surface area contributed by atoms with Crippen LogP contribution in [0.2, 0.25) is 0 Å². The highest BCUT2D eigenvalue weighted by molar-refractivity contribution is 4.87. The molecule has 1 heterocycles. The Labute approximate surface area is 93.2 Å². The van der Waals surface area contributed by atoms with Crippen molar-refractivity contribution in [2.45, 2.75) is 45.1 Å². The Kier molecular flexibility index (Phi) is 5.67. The molecule has 1 saturated heterocycles. The maximum Gasteiger partial charge on any atom is 0.0940 e. The molecule has 1 fully saturated rings. The second-order valence-electron chi connectivity index (χ2n) is 4.57. The molecule has 1 rings (SSSR count). The van der Waals surface area contributed by atoms with E-state index in [2.05, 4.69) is 17.9 Å². The van der Waals surface area contributed by atoms with Crippen molar-refractivity contribution in [3.63, 3.8) is 0 Å². The van der Waals surface area contributed by atoms with Gasteiger partial charge in [0, 0.05) is 6.54 Å². The van der Waals surface area contributed by atoms with Crippen molar-refractivity contribution in [1.82, 2.24) is 4.90 Å². The van der Waals surface area contributed by atoms with E-state index in [1.165, 1.54) is 38.8 Å². The predicted octanol–water partition coefficient (Wildman–Crippen LogP) is 1.74. The highest BCUT2D eigenvalue weighted by atomic mass is 15.1. The second kappa shape index (κ2) is 6.81. The van der Waals surface area contributed by atoms with E-state index in [4.69, 9.17) is 11.0 Å². The topological polar surface area (TPSA) is 53.0 Å². The molecule has 0 bridgehead atoms. The first-order chi connectivity index (χ1) is 7.26. The van der Waals surface area contributed by atoms with Gasteiger partial charge in [-0.15, -0.1) is 0 Å². The van der Waals surface area contributed by atoms with Gasteiger partial charge in [-0.3, -0.25) is 0 Å². The van der Waals surface area contributed by atoms with Crippen molar-refractivity contribution in [1.29, 1.82) is 5.26 Å². The van der Waals surface area contributed by atoms with E-state index in [0.29, 0.717) is 0 Å². The molecule has 0 aromatic rings. The third kappa shape index (κ3) is 4.63. The van der Waals surface area contributed by atoms with Gasteiger partial charge in [-0.2, -0.15) is 5.26 Å². The lowest BCUT2D eigenvalue weighted by Crippen LogP contribution is -2.30. The third-order valence-corrected chi connectivity index (χ3v) is 3.44. The van der Waals surface area contributed by atoms with Gasteiger partial charge in [0.1, 0.15) is 0 Å². The lowest BCUT2D eigenvalue weighted by Gasteiger charge is -2.20. The van der Waals surface area contributed by atoms with E-state index in [0.717, 1.165) is 18.9 Å². The number of hydrogen-bond acceptors (Lipinski definition) is 3. The van der Waals surface area contributed by atoms with Crippen molar-refractivity contribution in [3.8, 4) is 6.07 Å². The summed E-state index contributed by atoms with van der Waals surface area (Å²) in [6.45, 7) is 5.66. The molecule has 86 valence electrons. The molecule has 0 aromatic carbocycles. The zero-order valence-electron chi connectivity index (χ0n) is 9.78. The Morgan fingerprint density at radius 2 is 2.27 bits per heavy atom. The first kappa shape index (κ1) is 12.5. The summed E-state index contributed by atoms with van der Waals surface area (Å²) in [6.07, 6.45) is 6.12. The summed E-state index contributed by atoms with van der Waals surface area (Å²) in [6, 6.07) is 1.81. The van der Waals surface area contributed by atoms with E-state index in [1.807, 2.05) is 0 Å². The molecule has 1 aliphatic heterocycles. The first-order valence-electron chi connectivity index (χ1n) is 6.13. The Bertz CT molecular complexity index is 209. The van der Waals surface area contributed by atoms with Gasteiger partial charge in [-0.25, -0.2) is 0 Å². The molecule has 2 atom stereocenters. The molecule has 15 heavy (non-hydrogen) atoms. The summed E-state index contributed by atoms with van der Waals surface area (Å²) in [5, 5.41) is 8.61. The maximum absolute atomic E-state index is 8.61. The van der Waals surface area contributed by atoms with Crippen LogP contribution in [0.1, 0.15) is 39.0 Å². The molecule has 0 aromatic heterocycles. The van der Waals surface area contributed by atoms with E-state index in [-0.39, 0.29) is 6.04 Å². The average molecular weight is 209 g/mol. The number of rotatable bonds is 4. The Balaban J connectivity index is 2.23. The predicted molar refractivity (Wildman–Crippen MR) is 62.3 cm³/mol. The summed E-state index contributed by atoms with van der Waals surface area (Å²) in [7, 11) is 0. The lowest BCUT2D eigenvalue weighted by atomic mass is 9.98. The fourth-order valence-corrected chi connectivity index (χ4v) is 2.24. The molecule has 0 spiro atoms. The van der Waals surface area contributed by atoms with Crippen molar-refractivity contribution >= 4 is 0 Å². The summed E-state index contributed by atoms with van der Waals surface area (Å²) < 4.78 is 0. The molecule has 2 unspecified atom stereocenters. The molecule has 0 radical (unpaired) electrons. The fourth-order valence-electron chi connectivity index (χ4n) is 2.24. The minimum absolute atomic E-state index is 0.282. The van der Waals surface area contributed by atoms with E-state index < -0.39 is 0 Å². The highest BCUT2D eigenvalue weighted by Gasteiger charge is 2.15. The summed E-state index contributed by atoms with van der Waals surface area (Å²) in [5.41, 5.74) is 5.59. The molecule has 0 saturated carbocycles. The molecular weight excluding hydrogens is 186 g/mol. The van der Waals surface area contributed by atoms with Crippen molar-refractivity contribution < 1.29 is 0 Å². The van der Waals surface area contributed by atoms with E-state index >= 15 is 0 Å². The minimum atomic E-state index is -0.282. The van der Waals surface area contributed by atoms with Crippen LogP contribution in [-0.2, 0) is 0 Å². The van der Waals surface area contributed by atoms with Gasteiger partial charge in [-0.1, -0.05) is 13.3 Å². The van der Waals surface area contributed by atoms with Gasteiger partial charge >= 0.3 is 0 Å². The van der Waals surface area contributed by atoms with Crippen LogP contribution in [0.4, 0.5) is 0 Å². The SMILES string of the molecule is CCC1CCCN(CCC(N)C#N)CC1. The number of nitrogens with two attached hydrogens (primary N) is 1. The van der Waals surface area contributed by atoms with Crippen LogP contribution in [-0.4, -0.2) is 30.6 Å². The van der Waals surface area contributed by atoms with E-state index in [9.17, 15) is 0 Å². The van der Waals surface area contributed by atoms with Gasteiger partial charge < -0.3 is 10.6 Å². The molecular formula is C12H23N3. The van der Waals surface area contributed by atoms with Crippen LogP contribution in [0.5, 0.6) is 0 Å². The number of hydrogen-bond donors (Lipinski definition) is 1. The normalized spacial score (nSPS) is 25.5. The van der Waals surface area contributed by atoms with Crippen LogP contribution in [0.25, 0.3) is 0 Å². The molecule has 1 aliphatic rings. The van der Waals surface area contributed by atoms with Crippen LogP contribution < -0.4 is 5.73 Å². The lowest BCUT2D eigenvalue weighted by molar-refractivity contribution is 0.274. The average Bonchev–Trinajstić information content (AvgIpc) is 2.50. The quantitative estimate of drug-likeness (QED) is 0.767. The van der Waals surface area contributed by atoms with Gasteiger partial charge in [0.25, 0.3) is 0 Å². The fraction of sp³-hybridized carbons (Fsp3) is 0.917. The highest BCUT2D eigenvalue weighted by Crippen LogP contribution is 2.20. The zero-order valence-corrected chi connectivity index (χ0v) is 9.78. The van der Waals surface area contributed by atoms with Gasteiger partial charge in [0.15, 0.2) is 0 Å². The number of nitriles is 1. The van der Waals surface area contributed by atoms with Crippen molar-refractivity contribution in [3.05, 3.63) is 0 Å². The summed E-state index contributed by atoms with van der Waals surface area (Å²) in [4.78, 5) is 2.47. The van der Waals surface area contributed by atoms with Gasteiger partial charge in [-0.05, 0) is 44.7 Å². The molecule has 2 N–H and O–H groups in total. The van der Waals surface area contributed by atoms with E-state index in [1.54, 1.807) is 0 Å². The minimum Gasteiger partial charge on any atom is -0.316 e. The first-order valence-corrected chi connectivity index (χ1v) is 6.13. The number of likely N-dealkylation sites (tertiary alicyclic amines) is 1. The monoisotopic (exact) mass is 209 g/mol. The maximum atomic E-state index is 8.61. The van der Waals surface area contributed by atoms with Crippen LogP contribution >= 0.6 is 0 Å². The van der Waals surface area contributed by atoms with Crippen LogP contribution in [0.15, 0.2) is 0 Å². The standard InChI is InChI=1S/C12H23N3/c1-2-11-4-3-7-15(8-5-11)9-6-12(14)10-13/h11-12H,2-9,14H2,1H3. The van der Waals surface area contributed by atoms with Crippen LogP contribution in [0.3, 0.4) is 0 Å². The van der Waals surface area contributed by atoms with Crippen molar-refractivity contribution in [2.75, 3.05) is 19.6 Å². The molecule has 0 amide bonds. The summed E-state index contributed by atoms with van der Waals surface area (Å²) >= 11 is 0. The third-order valence-electron chi connectivity index (χ3n) is 3.44. The Morgan fingerprint density at radius 1 is 1.47 bits per heavy atom. The number of nitrogens with zero attached hydrogens (tertiary/aromatic N) is 2. The van der Waals surface area contributed by atoms with Gasteiger partial charge in [0.05, 0.1) is 12.1 Å². The smallest absolute Gasteiger partial charge is 0.0940 e. The molecule has 3 heteroatoms. The molecule has 0 aliphatic carbocycles. The van der Waals surface area contributed by atoms with Gasteiger partial charge in [0.2, 0.25) is 0 Å². The van der Waals surface area contributed by atoms with Crippen molar-refractivity contribution in [2.24, 2.45) is 11.7 Å². The van der Waals surface area contributed by atoms with Crippen LogP contribution in [0, 0.1) is 17.2 Å². The second-order valence-corrected chi connectivity index (χ2v) is 4.57. The zero-order chi connectivity index (χ0) is 11.1. The summed E-state index contributed by atoms with van der Waals surface area (Å²) in [5.74, 6) is 0.916. The Morgan fingerprint density at radius 3 is 2.93 bits per heavy atom.